The molecule has 2 aliphatic rings. The van der Waals surface area contributed by atoms with Crippen LogP contribution in [0.2, 0.25) is 0 Å². The number of rotatable bonds is 6. The molecule has 0 N–H and O–H groups in total. The van der Waals surface area contributed by atoms with Crippen molar-refractivity contribution in [1.29, 1.82) is 0 Å². The first-order valence-electron chi connectivity index (χ1n) is 10.3. The molecule has 2 heterocycles. The number of hydrogen-bond donors (Lipinski definition) is 0. The van der Waals surface area contributed by atoms with E-state index in [1.54, 1.807) is 6.07 Å². The first-order valence-corrected chi connectivity index (χ1v) is 10.3. The van der Waals surface area contributed by atoms with Gasteiger partial charge in [0.2, 0.25) is 6.10 Å². The van der Waals surface area contributed by atoms with Crippen LogP contribution in [0.1, 0.15) is 25.5 Å². The topological polar surface area (TPSA) is 42.0 Å². The van der Waals surface area contributed by atoms with E-state index in [-0.39, 0.29) is 17.9 Å². The number of likely N-dealkylation sites (tertiary alicyclic amines) is 1. The Hall–Kier alpha value is -2.58. The third-order valence-corrected chi connectivity index (χ3v) is 5.94. The minimum absolute atomic E-state index is 0.0127. The Balaban J connectivity index is 1.63. The summed E-state index contributed by atoms with van der Waals surface area (Å²) < 4.78 is 53.8. The van der Waals surface area contributed by atoms with E-state index in [9.17, 15) is 18.0 Å². The quantitative estimate of drug-likeness (QED) is 0.653. The number of β-lactam (4-membered cyclic amide) rings is 1. The van der Waals surface area contributed by atoms with Gasteiger partial charge >= 0.3 is 0 Å². The Morgan fingerprint density at radius 2 is 1.77 bits per heavy atom. The largest absolute Gasteiger partial charge is 0.475 e. The minimum Gasteiger partial charge on any atom is -0.475 e. The van der Waals surface area contributed by atoms with E-state index in [1.165, 1.54) is 23.1 Å². The van der Waals surface area contributed by atoms with Crippen LogP contribution in [0.5, 0.6) is 5.75 Å². The number of para-hydroxylation sites is 1. The lowest BCUT2D eigenvalue weighted by Gasteiger charge is -2.52. The summed E-state index contributed by atoms with van der Waals surface area (Å²) in [5, 5.41) is 0. The molecule has 5 nitrogen and oxygen atoms in total. The number of ether oxygens (including phenoxy) is 2. The molecule has 0 aromatic heterocycles. The second-order valence-electron chi connectivity index (χ2n) is 8.46. The van der Waals surface area contributed by atoms with E-state index in [1.807, 2.05) is 13.8 Å². The number of carbonyl (C=O) groups excluding carboxylic acids is 1. The highest BCUT2D eigenvalue weighted by molar-refractivity contribution is 5.89. The molecule has 0 radical (unpaired) electrons. The number of carbonyl (C=O) groups is 1. The van der Waals surface area contributed by atoms with Gasteiger partial charge in [-0.05, 0) is 44.2 Å². The summed E-state index contributed by atoms with van der Waals surface area (Å²) in [4.78, 5) is 16.7. The van der Waals surface area contributed by atoms with Crippen LogP contribution in [0.4, 0.5) is 13.2 Å². The molecule has 0 bridgehead atoms. The molecule has 2 saturated heterocycles. The molecule has 0 spiro atoms. The zero-order valence-corrected chi connectivity index (χ0v) is 17.5. The zero-order valence-electron chi connectivity index (χ0n) is 17.5. The molecule has 166 valence electrons. The maximum atomic E-state index is 14.7. The molecule has 1 amide bonds. The van der Waals surface area contributed by atoms with Crippen LogP contribution in [-0.2, 0) is 9.53 Å². The molecular formula is C23H25F3N2O3. The van der Waals surface area contributed by atoms with Gasteiger partial charge in [-0.15, -0.1) is 0 Å². The third kappa shape index (κ3) is 4.27. The lowest BCUT2D eigenvalue weighted by atomic mass is 9.87. The van der Waals surface area contributed by atoms with E-state index in [0.717, 1.165) is 18.2 Å². The highest BCUT2D eigenvalue weighted by Gasteiger charge is 2.53. The van der Waals surface area contributed by atoms with Gasteiger partial charge in [-0.1, -0.05) is 12.1 Å². The van der Waals surface area contributed by atoms with Gasteiger partial charge in [-0.25, -0.2) is 13.2 Å². The Bertz CT molecular complexity index is 963. The summed E-state index contributed by atoms with van der Waals surface area (Å²) >= 11 is 0. The Labute approximate surface area is 179 Å². The fraction of sp³-hybridized carbons (Fsp3) is 0.435. The second kappa shape index (κ2) is 8.51. The first kappa shape index (κ1) is 21.6. The Kier molecular flexibility index (Phi) is 5.94. The van der Waals surface area contributed by atoms with Crippen LogP contribution in [-0.4, -0.2) is 60.2 Å². The predicted molar refractivity (Wildman–Crippen MR) is 108 cm³/mol. The fourth-order valence-electron chi connectivity index (χ4n) is 4.24. The summed E-state index contributed by atoms with van der Waals surface area (Å²) in [6.45, 7) is 6.89. The van der Waals surface area contributed by atoms with Crippen molar-refractivity contribution in [2.75, 3.05) is 32.8 Å². The average Bonchev–Trinajstić information content (AvgIpc) is 2.76. The van der Waals surface area contributed by atoms with Gasteiger partial charge in [0.25, 0.3) is 5.91 Å². The van der Waals surface area contributed by atoms with E-state index in [4.69, 9.17) is 9.47 Å². The van der Waals surface area contributed by atoms with E-state index in [2.05, 4.69) is 4.90 Å². The number of nitrogens with zero attached hydrogens (tertiary/aromatic N) is 2. The van der Waals surface area contributed by atoms with Crippen LogP contribution in [0.25, 0.3) is 0 Å². The van der Waals surface area contributed by atoms with Crippen LogP contribution in [0.3, 0.4) is 0 Å². The predicted octanol–water partition coefficient (Wildman–Crippen LogP) is 3.55. The maximum absolute atomic E-state index is 14.7. The van der Waals surface area contributed by atoms with Crippen molar-refractivity contribution in [2.45, 2.75) is 31.5 Å². The molecule has 0 saturated carbocycles. The number of amides is 1. The molecule has 2 aromatic carbocycles. The summed E-state index contributed by atoms with van der Waals surface area (Å²) in [6.07, 6.45) is -1.14. The SMILES string of the molecule is CC(C)(CN1C(=O)[C@@H](Oc2ccccc2F)[C@H]1c1cc(F)ccc1F)N1CCOCC1. The van der Waals surface area contributed by atoms with Crippen molar-refractivity contribution >= 4 is 5.91 Å². The second-order valence-corrected chi connectivity index (χ2v) is 8.46. The average molecular weight is 434 g/mol. The number of morpholine rings is 1. The number of halogens is 3. The summed E-state index contributed by atoms with van der Waals surface area (Å²) in [5.41, 5.74) is -0.413. The van der Waals surface area contributed by atoms with Crippen LogP contribution in [0.15, 0.2) is 42.5 Å². The van der Waals surface area contributed by atoms with Gasteiger partial charge in [-0.3, -0.25) is 9.69 Å². The van der Waals surface area contributed by atoms with Gasteiger partial charge in [0.05, 0.1) is 13.2 Å². The first-order chi connectivity index (χ1) is 14.8. The van der Waals surface area contributed by atoms with Crippen LogP contribution in [0, 0.1) is 17.5 Å². The zero-order chi connectivity index (χ0) is 22.2. The molecule has 2 atom stereocenters. The molecule has 0 aliphatic carbocycles. The smallest absolute Gasteiger partial charge is 0.266 e. The number of hydrogen-bond acceptors (Lipinski definition) is 4. The van der Waals surface area contributed by atoms with Crippen molar-refractivity contribution in [2.24, 2.45) is 0 Å². The lowest BCUT2D eigenvalue weighted by molar-refractivity contribution is -0.168. The molecule has 2 aromatic rings. The van der Waals surface area contributed by atoms with Gasteiger partial charge in [0.15, 0.2) is 11.6 Å². The third-order valence-electron chi connectivity index (χ3n) is 5.94. The van der Waals surface area contributed by atoms with Crippen molar-refractivity contribution < 1.29 is 27.4 Å². The normalized spacial score (nSPS) is 22.4. The van der Waals surface area contributed by atoms with Gasteiger partial charge in [-0.2, -0.15) is 0 Å². The molecule has 31 heavy (non-hydrogen) atoms. The number of benzene rings is 2. The van der Waals surface area contributed by atoms with Gasteiger partial charge in [0, 0.05) is 30.7 Å². The monoisotopic (exact) mass is 434 g/mol. The van der Waals surface area contributed by atoms with Gasteiger partial charge in [0.1, 0.15) is 17.7 Å². The van der Waals surface area contributed by atoms with Crippen molar-refractivity contribution in [3.05, 3.63) is 65.5 Å². The maximum Gasteiger partial charge on any atom is 0.266 e. The van der Waals surface area contributed by atoms with E-state index >= 15 is 0 Å². The highest BCUT2D eigenvalue weighted by Crippen LogP contribution is 2.41. The standard InChI is InChI=1S/C23H25F3N2O3/c1-23(2,27-9-11-30-12-10-27)14-28-20(16-13-15(24)7-8-17(16)25)21(22(28)29)31-19-6-4-3-5-18(19)26/h3-8,13,20-21H,9-12,14H2,1-2H3/t20-,21+/m1/s1. The Morgan fingerprint density at radius 3 is 2.48 bits per heavy atom. The molecule has 2 aliphatic heterocycles. The molecule has 4 rings (SSSR count). The van der Waals surface area contributed by atoms with Crippen molar-refractivity contribution in [3.63, 3.8) is 0 Å². The highest BCUT2D eigenvalue weighted by atomic mass is 19.1. The molecule has 8 heteroatoms. The van der Waals surface area contributed by atoms with Gasteiger partial charge < -0.3 is 14.4 Å². The summed E-state index contributed by atoms with van der Waals surface area (Å²) in [6, 6.07) is 7.95. The molecule has 0 unspecified atom stereocenters. The van der Waals surface area contributed by atoms with Crippen molar-refractivity contribution in [3.8, 4) is 5.75 Å². The lowest BCUT2D eigenvalue weighted by Crippen LogP contribution is -2.66. The molecular weight excluding hydrogens is 409 g/mol. The Morgan fingerprint density at radius 1 is 1.06 bits per heavy atom. The van der Waals surface area contributed by atoms with Crippen LogP contribution >= 0.6 is 0 Å². The van der Waals surface area contributed by atoms with Crippen LogP contribution < -0.4 is 4.74 Å². The van der Waals surface area contributed by atoms with Crippen molar-refractivity contribution in [1.82, 2.24) is 9.80 Å². The minimum atomic E-state index is -1.14. The summed E-state index contributed by atoms with van der Waals surface area (Å²) in [7, 11) is 0. The van der Waals surface area contributed by atoms with E-state index < -0.39 is 41.0 Å². The molecule has 2 fully saturated rings. The van der Waals surface area contributed by atoms with E-state index in [0.29, 0.717) is 26.3 Å². The fourth-order valence-corrected chi connectivity index (χ4v) is 4.24. The summed E-state index contributed by atoms with van der Waals surface area (Å²) in [5.74, 6) is -2.38.